The van der Waals surface area contributed by atoms with Gasteiger partial charge >= 0.3 is 0 Å². The van der Waals surface area contributed by atoms with Crippen LogP contribution in [0.5, 0.6) is 5.75 Å². The summed E-state index contributed by atoms with van der Waals surface area (Å²) in [4.78, 5) is 21.7. The number of anilines is 1. The number of methoxy groups -OCH3 is 1. The van der Waals surface area contributed by atoms with Crippen molar-refractivity contribution in [2.75, 3.05) is 25.6 Å². The normalized spacial score (nSPS) is 27.7. The van der Waals surface area contributed by atoms with Crippen LogP contribution in [0, 0.1) is 5.92 Å². The molecule has 2 aromatic rings. The maximum absolute atomic E-state index is 12.7. The Morgan fingerprint density at radius 2 is 1.72 bits per heavy atom. The standard InChI is InChI=1S/C24H30N4O4/c1-30-17-9-7-15(8-10-17)18-11-12-25-24(27-18)28-20-14-32-21-19(13-31-22(20)21)26-23(29)16-5-3-2-4-6-16/h7-12,16,19-22H,2-6,13-14H2,1H3,(H,26,29)(H,25,27,28)/t19-,20-,21+,22+/m0/s1. The molecule has 32 heavy (non-hydrogen) atoms. The topological polar surface area (TPSA) is 94.6 Å². The first-order valence-electron chi connectivity index (χ1n) is 11.5. The summed E-state index contributed by atoms with van der Waals surface area (Å²) in [6, 6.07) is 9.47. The summed E-state index contributed by atoms with van der Waals surface area (Å²) in [6.45, 7) is 0.958. The lowest BCUT2D eigenvalue weighted by atomic mass is 9.88. The molecule has 0 unspecified atom stereocenters. The van der Waals surface area contributed by atoms with E-state index in [2.05, 4.69) is 20.6 Å². The largest absolute Gasteiger partial charge is 0.497 e. The van der Waals surface area contributed by atoms with Gasteiger partial charge in [-0.3, -0.25) is 4.79 Å². The molecule has 2 N–H and O–H groups in total. The van der Waals surface area contributed by atoms with E-state index < -0.39 is 0 Å². The number of carbonyl (C=O) groups excluding carboxylic acids is 1. The number of benzene rings is 1. The minimum atomic E-state index is -0.148. The monoisotopic (exact) mass is 438 g/mol. The van der Waals surface area contributed by atoms with Crippen molar-refractivity contribution in [1.82, 2.24) is 15.3 Å². The molecule has 1 saturated carbocycles. The maximum Gasteiger partial charge on any atom is 0.223 e. The van der Waals surface area contributed by atoms with Gasteiger partial charge in [-0.15, -0.1) is 0 Å². The molecule has 0 radical (unpaired) electrons. The average Bonchev–Trinajstić information content (AvgIpc) is 3.43. The van der Waals surface area contributed by atoms with E-state index in [4.69, 9.17) is 14.2 Å². The zero-order valence-electron chi connectivity index (χ0n) is 18.3. The van der Waals surface area contributed by atoms with Gasteiger partial charge in [0, 0.05) is 17.7 Å². The quantitative estimate of drug-likeness (QED) is 0.716. The van der Waals surface area contributed by atoms with Gasteiger partial charge in [0.25, 0.3) is 0 Å². The van der Waals surface area contributed by atoms with Gasteiger partial charge in [0.1, 0.15) is 18.0 Å². The lowest BCUT2D eigenvalue weighted by molar-refractivity contribution is -0.127. The minimum absolute atomic E-state index is 0.0669. The highest BCUT2D eigenvalue weighted by molar-refractivity contribution is 5.79. The number of carbonyl (C=O) groups is 1. The third kappa shape index (κ3) is 4.42. The fraction of sp³-hybridized carbons (Fsp3) is 0.542. The van der Waals surface area contributed by atoms with Crippen molar-refractivity contribution in [3.05, 3.63) is 36.5 Å². The van der Waals surface area contributed by atoms with E-state index >= 15 is 0 Å². The Kier molecular flexibility index (Phi) is 6.23. The van der Waals surface area contributed by atoms with Crippen LogP contribution < -0.4 is 15.4 Å². The Labute approximate surface area is 188 Å². The van der Waals surface area contributed by atoms with Gasteiger partial charge < -0.3 is 24.8 Å². The number of hydrogen-bond donors (Lipinski definition) is 2. The number of hydrogen-bond acceptors (Lipinski definition) is 7. The highest BCUT2D eigenvalue weighted by Gasteiger charge is 2.48. The van der Waals surface area contributed by atoms with E-state index in [1.165, 1.54) is 6.42 Å². The lowest BCUT2D eigenvalue weighted by Gasteiger charge is -2.24. The first-order chi connectivity index (χ1) is 15.7. The van der Waals surface area contributed by atoms with Crippen LogP contribution in [0.1, 0.15) is 32.1 Å². The summed E-state index contributed by atoms with van der Waals surface area (Å²) in [7, 11) is 1.65. The molecule has 3 heterocycles. The number of amides is 1. The third-order valence-corrected chi connectivity index (χ3v) is 6.71. The Hall–Kier alpha value is -2.71. The minimum Gasteiger partial charge on any atom is -0.497 e. The van der Waals surface area contributed by atoms with Crippen molar-refractivity contribution in [3.63, 3.8) is 0 Å². The Bertz CT molecular complexity index is 932. The highest BCUT2D eigenvalue weighted by Crippen LogP contribution is 2.30. The van der Waals surface area contributed by atoms with E-state index in [0.717, 1.165) is 42.7 Å². The predicted molar refractivity (Wildman–Crippen MR) is 119 cm³/mol. The van der Waals surface area contributed by atoms with Crippen molar-refractivity contribution in [3.8, 4) is 17.0 Å². The fourth-order valence-corrected chi connectivity index (χ4v) is 4.93. The first-order valence-corrected chi connectivity index (χ1v) is 11.5. The van der Waals surface area contributed by atoms with Gasteiger partial charge in [-0.2, -0.15) is 0 Å². The van der Waals surface area contributed by atoms with E-state index in [-0.39, 0.29) is 36.1 Å². The number of ether oxygens (including phenoxy) is 3. The van der Waals surface area contributed by atoms with Crippen LogP contribution in [0.15, 0.2) is 36.5 Å². The molecule has 1 aromatic carbocycles. The van der Waals surface area contributed by atoms with Gasteiger partial charge in [0.15, 0.2) is 0 Å². The molecule has 170 valence electrons. The number of fused-ring (bicyclic) bond motifs is 1. The summed E-state index contributed by atoms with van der Waals surface area (Å²) in [6.07, 6.45) is 6.95. The van der Waals surface area contributed by atoms with Crippen molar-refractivity contribution < 1.29 is 19.0 Å². The Balaban J connectivity index is 1.20. The molecule has 2 aliphatic heterocycles. The second-order valence-corrected chi connectivity index (χ2v) is 8.79. The number of nitrogens with zero attached hydrogens (tertiary/aromatic N) is 2. The molecule has 1 aromatic heterocycles. The second-order valence-electron chi connectivity index (χ2n) is 8.79. The zero-order chi connectivity index (χ0) is 21.9. The molecule has 2 saturated heterocycles. The molecule has 8 heteroatoms. The summed E-state index contributed by atoms with van der Waals surface area (Å²) < 4.78 is 17.3. The number of nitrogens with one attached hydrogen (secondary N) is 2. The van der Waals surface area contributed by atoms with Gasteiger partial charge in [-0.25, -0.2) is 9.97 Å². The summed E-state index contributed by atoms with van der Waals surface area (Å²) in [5, 5.41) is 6.56. The van der Waals surface area contributed by atoms with Crippen LogP contribution in [0.2, 0.25) is 0 Å². The van der Waals surface area contributed by atoms with Crippen LogP contribution in [0.3, 0.4) is 0 Å². The average molecular weight is 439 g/mol. The second kappa shape index (κ2) is 9.42. The molecule has 8 nitrogen and oxygen atoms in total. The molecule has 0 spiro atoms. The molecule has 1 aliphatic carbocycles. The first kappa shape index (κ1) is 21.2. The third-order valence-electron chi connectivity index (χ3n) is 6.71. The smallest absolute Gasteiger partial charge is 0.223 e. The summed E-state index contributed by atoms with van der Waals surface area (Å²) >= 11 is 0. The predicted octanol–water partition coefficient (Wildman–Crippen LogP) is 2.80. The van der Waals surface area contributed by atoms with Crippen molar-refractivity contribution in [2.24, 2.45) is 5.92 Å². The molecular weight excluding hydrogens is 408 g/mol. The fourth-order valence-electron chi connectivity index (χ4n) is 4.93. The molecule has 5 rings (SSSR count). The lowest BCUT2D eigenvalue weighted by Crippen LogP contribution is -2.47. The molecule has 1 amide bonds. The van der Waals surface area contributed by atoms with Gasteiger partial charge in [0.2, 0.25) is 11.9 Å². The van der Waals surface area contributed by atoms with Crippen molar-refractivity contribution >= 4 is 11.9 Å². The van der Waals surface area contributed by atoms with Crippen molar-refractivity contribution in [1.29, 1.82) is 0 Å². The van der Waals surface area contributed by atoms with E-state index in [0.29, 0.717) is 19.2 Å². The van der Waals surface area contributed by atoms with Crippen LogP contribution in [-0.4, -0.2) is 60.5 Å². The van der Waals surface area contributed by atoms with Crippen LogP contribution in [0.25, 0.3) is 11.3 Å². The summed E-state index contributed by atoms with van der Waals surface area (Å²) in [5.41, 5.74) is 1.81. The van der Waals surface area contributed by atoms with E-state index in [1.807, 2.05) is 30.3 Å². The Morgan fingerprint density at radius 3 is 2.47 bits per heavy atom. The van der Waals surface area contributed by atoms with E-state index in [9.17, 15) is 4.79 Å². The zero-order valence-corrected chi connectivity index (χ0v) is 18.3. The van der Waals surface area contributed by atoms with Gasteiger partial charge in [-0.05, 0) is 43.2 Å². The van der Waals surface area contributed by atoms with Crippen LogP contribution >= 0.6 is 0 Å². The van der Waals surface area contributed by atoms with Gasteiger partial charge in [0.05, 0.1) is 38.1 Å². The summed E-state index contributed by atoms with van der Waals surface area (Å²) in [5.74, 6) is 1.62. The Morgan fingerprint density at radius 1 is 1.00 bits per heavy atom. The molecule has 3 aliphatic rings. The number of aromatic nitrogens is 2. The molecule has 0 bridgehead atoms. The highest BCUT2D eigenvalue weighted by atomic mass is 16.6. The van der Waals surface area contributed by atoms with Crippen LogP contribution in [-0.2, 0) is 14.3 Å². The molecule has 4 atom stereocenters. The van der Waals surface area contributed by atoms with E-state index in [1.54, 1.807) is 13.3 Å². The molecule has 3 fully saturated rings. The number of rotatable bonds is 6. The van der Waals surface area contributed by atoms with Gasteiger partial charge in [-0.1, -0.05) is 19.3 Å². The molecular formula is C24H30N4O4. The van der Waals surface area contributed by atoms with Crippen molar-refractivity contribution in [2.45, 2.75) is 56.4 Å². The SMILES string of the molecule is COc1ccc(-c2ccnc(N[C@H]3CO[C@H]4[C@@H]3OC[C@@H]4NC(=O)C3CCCCC3)n2)cc1. The maximum atomic E-state index is 12.7. The van der Waals surface area contributed by atoms with Crippen LogP contribution in [0.4, 0.5) is 5.95 Å².